The number of carbonyl (C=O) groups is 1. The van der Waals surface area contributed by atoms with Gasteiger partial charge in [-0.15, -0.1) is 0 Å². The fourth-order valence-electron chi connectivity index (χ4n) is 2.52. The van der Waals surface area contributed by atoms with Crippen LogP contribution in [0.25, 0.3) is 0 Å². The summed E-state index contributed by atoms with van der Waals surface area (Å²) in [6.07, 6.45) is 0.336. The van der Waals surface area contributed by atoms with E-state index in [4.69, 9.17) is 11.6 Å². The molecule has 1 aliphatic rings. The first kappa shape index (κ1) is 13.9. The summed E-state index contributed by atoms with van der Waals surface area (Å²) in [6, 6.07) is 10.6. The fourth-order valence-corrected chi connectivity index (χ4v) is 2.69. The van der Waals surface area contributed by atoms with Crippen molar-refractivity contribution in [2.75, 3.05) is 16.8 Å². The molecular formula is C16H14ClFN2O. The molecule has 21 heavy (non-hydrogen) atoms. The average molecular weight is 305 g/mol. The van der Waals surface area contributed by atoms with Crippen molar-refractivity contribution in [1.82, 2.24) is 0 Å². The lowest BCUT2D eigenvalue weighted by Crippen LogP contribution is -2.19. The maximum absolute atomic E-state index is 13.9. The Bertz CT molecular complexity index is 717. The molecule has 2 aromatic rings. The van der Waals surface area contributed by atoms with E-state index < -0.39 is 5.82 Å². The lowest BCUT2D eigenvalue weighted by molar-refractivity contribution is -0.115. The number of nitrogens with zero attached hydrogens (tertiary/aromatic N) is 1. The van der Waals surface area contributed by atoms with Crippen molar-refractivity contribution in [3.05, 3.63) is 52.8 Å². The summed E-state index contributed by atoms with van der Waals surface area (Å²) in [5.41, 5.74) is 3.18. The molecule has 0 atom stereocenters. The van der Waals surface area contributed by atoms with E-state index in [-0.39, 0.29) is 10.9 Å². The van der Waals surface area contributed by atoms with Gasteiger partial charge < -0.3 is 10.2 Å². The zero-order valence-electron chi connectivity index (χ0n) is 11.5. The van der Waals surface area contributed by atoms with Crippen LogP contribution in [-0.2, 0) is 4.79 Å². The molecule has 5 heteroatoms. The molecule has 0 saturated carbocycles. The van der Waals surface area contributed by atoms with E-state index in [1.165, 1.54) is 12.1 Å². The summed E-state index contributed by atoms with van der Waals surface area (Å²) in [4.78, 5) is 13.8. The summed E-state index contributed by atoms with van der Waals surface area (Å²) in [5, 5.41) is 2.78. The lowest BCUT2D eigenvalue weighted by atomic mass is 10.1. The Balaban J connectivity index is 2.17. The molecule has 3 rings (SSSR count). The smallest absolute Gasteiger partial charge is 0.226 e. The van der Waals surface area contributed by atoms with Gasteiger partial charge in [-0.3, -0.25) is 4.79 Å². The first-order valence-electron chi connectivity index (χ1n) is 6.68. The van der Waals surface area contributed by atoms with Crippen LogP contribution >= 0.6 is 11.6 Å². The number of fused-ring (bicyclic) bond motifs is 1. The number of benzene rings is 2. The molecule has 0 aromatic heterocycles. The number of halogens is 2. The third-order valence-corrected chi connectivity index (χ3v) is 3.86. The molecule has 1 aliphatic heterocycles. The SMILES string of the molecule is Cc1ccccc1N1CCC(=O)Nc2cc(Cl)c(F)cc21. The van der Waals surface area contributed by atoms with Crippen LogP contribution in [0.15, 0.2) is 36.4 Å². The van der Waals surface area contributed by atoms with E-state index in [2.05, 4.69) is 5.32 Å². The Labute approximate surface area is 127 Å². The number of para-hydroxylation sites is 1. The van der Waals surface area contributed by atoms with Gasteiger partial charge in [-0.1, -0.05) is 29.8 Å². The van der Waals surface area contributed by atoms with E-state index in [0.29, 0.717) is 24.3 Å². The summed E-state index contributed by atoms with van der Waals surface area (Å²) in [7, 11) is 0. The average Bonchev–Trinajstić information content (AvgIpc) is 2.59. The number of hydrogen-bond acceptors (Lipinski definition) is 2. The third-order valence-electron chi connectivity index (χ3n) is 3.57. The molecule has 0 unspecified atom stereocenters. The van der Waals surface area contributed by atoms with Gasteiger partial charge >= 0.3 is 0 Å². The Morgan fingerprint density at radius 3 is 2.76 bits per heavy atom. The van der Waals surface area contributed by atoms with Gasteiger partial charge in [-0.25, -0.2) is 4.39 Å². The molecular weight excluding hydrogens is 291 g/mol. The highest BCUT2D eigenvalue weighted by atomic mass is 35.5. The fraction of sp³-hybridized carbons (Fsp3) is 0.188. The van der Waals surface area contributed by atoms with Crippen LogP contribution in [0.2, 0.25) is 5.02 Å². The monoisotopic (exact) mass is 304 g/mol. The second kappa shape index (κ2) is 5.37. The van der Waals surface area contributed by atoms with Crippen molar-refractivity contribution in [2.24, 2.45) is 0 Å². The van der Waals surface area contributed by atoms with Gasteiger partial charge in [0.25, 0.3) is 0 Å². The zero-order chi connectivity index (χ0) is 15.0. The first-order chi connectivity index (χ1) is 10.1. The highest BCUT2D eigenvalue weighted by molar-refractivity contribution is 6.31. The first-order valence-corrected chi connectivity index (χ1v) is 7.06. The van der Waals surface area contributed by atoms with Crippen LogP contribution in [0, 0.1) is 12.7 Å². The standard InChI is InChI=1S/C16H14ClFN2O/c1-10-4-2-3-5-14(10)20-7-6-16(21)19-13-8-11(17)12(18)9-15(13)20/h2-5,8-9H,6-7H2,1H3,(H,19,21). The lowest BCUT2D eigenvalue weighted by Gasteiger charge is -2.26. The Morgan fingerprint density at radius 2 is 2.00 bits per heavy atom. The van der Waals surface area contributed by atoms with Crippen molar-refractivity contribution in [3.63, 3.8) is 0 Å². The van der Waals surface area contributed by atoms with E-state index in [9.17, 15) is 9.18 Å². The molecule has 0 saturated heterocycles. The largest absolute Gasteiger partial charge is 0.339 e. The predicted octanol–water partition coefficient (Wildman–Crippen LogP) is 4.27. The van der Waals surface area contributed by atoms with E-state index in [0.717, 1.165) is 11.3 Å². The Morgan fingerprint density at radius 1 is 1.24 bits per heavy atom. The quantitative estimate of drug-likeness (QED) is 0.853. The second-order valence-corrected chi connectivity index (χ2v) is 5.43. The molecule has 108 valence electrons. The van der Waals surface area contributed by atoms with Crippen LogP contribution in [0.5, 0.6) is 0 Å². The summed E-state index contributed by atoms with van der Waals surface area (Å²) in [5.74, 6) is -0.597. The number of nitrogens with one attached hydrogen (secondary N) is 1. The molecule has 1 N–H and O–H groups in total. The Kier molecular flexibility index (Phi) is 3.55. The van der Waals surface area contributed by atoms with Crippen molar-refractivity contribution in [2.45, 2.75) is 13.3 Å². The van der Waals surface area contributed by atoms with Crippen molar-refractivity contribution >= 4 is 34.6 Å². The molecule has 3 nitrogen and oxygen atoms in total. The van der Waals surface area contributed by atoms with Crippen LogP contribution < -0.4 is 10.2 Å². The number of hydrogen-bond donors (Lipinski definition) is 1. The van der Waals surface area contributed by atoms with Gasteiger partial charge in [0.1, 0.15) is 5.82 Å². The minimum Gasteiger partial charge on any atom is -0.339 e. The van der Waals surface area contributed by atoms with Gasteiger partial charge in [0.2, 0.25) is 5.91 Å². The number of aryl methyl sites for hydroxylation is 1. The number of anilines is 3. The van der Waals surface area contributed by atoms with Crippen LogP contribution in [0.4, 0.5) is 21.5 Å². The third kappa shape index (κ3) is 2.59. The normalized spacial score (nSPS) is 14.4. The van der Waals surface area contributed by atoms with Crippen molar-refractivity contribution < 1.29 is 9.18 Å². The Hall–Kier alpha value is -2.07. The minimum absolute atomic E-state index is 0.000633. The van der Waals surface area contributed by atoms with Crippen LogP contribution in [0.1, 0.15) is 12.0 Å². The predicted molar refractivity (Wildman–Crippen MR) is 82.8 cm³/mol. The van der Waals surface area contributed by atoms with E-state index in [1.807, 2.05) is 36.1 Å². The second-order valence-electron chi connectivity index (χ2n) is 5.02. The zero-order valence-corrected chi connectivity index (χ0v) is 12.2. The van der Waals surface area contributed by atoms with Crippen molar-refractivity contribution in [1.29, 1.82) is 0 Å². The van der Waals surface area contributed by atoms with Gasteiger partial charge in [0, 0.05) is 24.7 Å². The number of rotatable bonds is 1. The topological polar surface area (TPSA) is 32.3 Å². The number of carbonyl (C=O) groups excluding carboxylic acids is 1. The maximum atomic E-state index is 13.9. The van der Waals surface area contributed by atoms with E-state index in [1.54, 1.807) is 0 Å². The maximum Gasteiger partial charge on any atom is 0.226 e. The summed E-state index contributed by atoms with van der Waals surface area (Å²) < 4.78 is 13.9. The van der Waals surface area contributed by atoms with E-state index >= 15 is 0 Å². The van der Waals surface area contributed by atoms with Crippen LogP contribution in [-0.4, -0.2) is 12.5 Å². The van der Waals surface area contributed by atoms with Crippen molar-refractivity contribution in [3.8, 4) is 0 Å². The molecule has 1 amide bonds. The van der Waals surface area contributed by atoms with Crippen LogP contribution in [0.3, 0.4) is 0 Å². The summed E-state index contributed by atoms with van der Waals surface area (Å²) >= 11 is 5.83. The van der Waals surface area contributed by atoms with Gasteiger partial charge in [0.15, 0.2) is 0 Å². The molecule has 0 spiro atoms. The molecule has 0 fully saturated rings. The van der Waals surface area contributed by atoms with Gasteiger partial charge in [0.05, 0.1) is 16.4 Å². The van der Waals surface area contributed by atoms with Gasteiger partial charge in [-0.2, -0.15) is 0 Å². The number of amides is 1. The highest BCUT2D eigenvalue weighted by Crippen LogP contribution is 2.38. The molecule has 0 radical (unpaired) electrons. The molecule has 0 bridgehead atoms. The highest BCUT2D eigenvalue weighted by Gasteiger charge is 2.23. The minimum atomic E-state index is -0.495. The molecule has 2 aromatic carbocycles. The molecule has 0 aliphatic carbocycles. The molecule has 1 heterocycles. The van der Waals surface area contributed by atoms with Gasteiger partial charge in [-0.05, 0) is 24.6 Å². The summed E-state index contributed by atoms with van der Waals surface area (Å²) in [6.45, 7) is 2.48.